The molecule has 0 N–H and O–H groups in total. The maximum absolute atomic E-state index is 8.31. The van der Waals surface area contributed by atoms with E-state index in [4.69, 9.17) is 13.5 Å². The fourth-order valence-corrected chi connectivity index (χ4v) is 5.94. The van der Waals surface area contributed by atoms with Crippen molar-refractivity contribution in [2.45, 2.75) is 52.8 Å². The van der Waals surface area contributed by atoms with Gasteiger partial charge in [-0.05, 0) is 82.4 Å². The first kappa shape index (κ1) is 22.9. The van der Waals surface area contributed by atoms with Crippen LogP contribution in [0.3, 0.4) is 0 Å². The van der Waals surface area contributed by atoms with E-state index in [9.17, 15) is 0 Å². The number of benzene rings is 3. The summed E-state index contributed by atoms with van der Waals surface area (Å²) in [5, 5.41) is 1.20. The number of hydrogen-bond acceptors (Lipinski definition) is 4. The van der Waals surface area contributed by atoms with Gasteiger partial charge in [0, 0.05) is 27.3 Å². The molecule has 0 saturated heterocycles. The third kappa shape index (κ3) is 4.11. The summed E-state index contributed by atoms with van der Waals surface area (Å²) in [6.45, 7) is 8.78. The summed E-state index contributed by atoms with van der Waals surface area (Å²) >= 11 is 0. The minimum Gasteiger partial charge on any atom is -0.437 e. The van der Waals surface area contributed by atoms with E-state index < -0.39 is 6.85 Å². The zero-order valence-electron chi connectivity index (χ0n) is 27.4. The van der Waals surface area contributed by atoms with E-state index in [1.54, 1.807) is 24.5 Å². The molecule has 7 rings (SSSR count). The molecule has 5 heteroatoms. The Kier molecular flexibility index (Phi) is 5.26. The van der Waals surface area contributed by atoms with Crippen molar-refractivity contribution in [3.63, 3.8) is 0 Å². The van der Waals surface area contributed by atoms with E-state index in [-0.39, 0.29) is 16.9 Å². The summed E-state index contributed by atoms with van der Waals surface area (Å²) in [7, 11) is 0. The van der Waals surface area contributed by atoms with Crippen LogP contribution in [-0.2, 0) is 5.41 Å². The monoisotopic (exact) mass is 553 g/mol. The maximum atomic E-state index is 8.31. The highest BCUT2D eigenvalue weighted by atomic mass is 16.3. The van der Waals surface area contributed by atoms with Crippen molar-refractivity contribution in [2.75, 3.05) is 0 Å². The Balaban J connectivity index is 1.63. The summed E-state index contributed by atoms with van der Waals surface area (Å²) in [5.41, 5.74) is 8.86. The van der Waals surface area contributed by atoms with Crippen LogP contribution < -0.4 is 0 Å². The number of fused-ring (bicyclic) bond motifs is 4. The van der Waals surface area contributed by atoms with Gasteiger partial charge in [0.1, 0.15) is 11.4 Å². The quantitative estimate of drug-likeness (QED) is 0.218. The SMILES string of the molecule is [2H]C([2H])([2H])c1ccc(-c2nc3ccncc3n2-c2c(C(C)C)cc(-c3ccccc3)cc2C(C)(C)C)c2oc3ncccc3c12. The summed E-state index contributed by atoms with van der Waals surface area (Å²) < 4.78 is 33.5. The molecule has 0 saturated carbocycles. The van der Waals surface area contributed by atoms with Gasteiger partial charge in [0.25, 0.3) is 0 Å². The van der Waals surface area contributed by atoms with Crippen molar-refractivity contribution in [1.82, 2.24) is 19.5 Å². The van der Waals surface area contributed by atoms with Gasteiger partial charge in [0.2, 0.25) is 5.71 Å². The average molecular weight is 554 g/mol. The second-order valence-corrected chi connectivity index (χ2v) is 12.2. The standard InChI is InChI=1S/C37H34N4O/c1-22(2)28-19-25(24-11-8-7-9-12-24)20-29(37(4,5)6)33(28)41-31-21-38-18-16-30(31)40-35(41)27-15-14-23(3)32-26-13-10-17-39-36(26)42-34(27)32/h7-22H,1-6H3/i3D3. The van der Waals surface area contributed by atoms with Crippen molar-refractivity contribution in [2.24, 2.45) is 0 Å². The number of aryl methyl sites for hydroxylation is 1. The summed E-state index contributed by atoms with van der Waals surface area (Å²) in [4.78, 5) is 14.1. The molecule has 0 amide bonds. The first-order chi connectivity index (χ1) is 21.4. The number of rotatable bonds is 4. The molecule has 3 aromatic carbocycles. The summed E-state index contributed by atoms with van der Waals surface area (Å²) in [6, 6.07) is 24.1. The molecule has 0 aliphatic carbocycles. The van der Waals surface area contributed by atoms with Crippen molar-refractivity contribution in [3.8, 4) is 28.2 Å². The van der Waals surface area contributed by atoms with Crippen LogP contribution >= 0.6 is 0 Å². The Bertz CT molecular complexity index is 2220. The molecule has 0 atom stereocenters. The Labute approximate surface area is 250 Å². The molecular formula is C37H34N4O. The Morgan fingerprint density at radius 3 is 2.50 bits per heavy atom. The number of nitrogens with zero attached hydrogens (tertiary/aromatic N) is 4. The van der Waals surface area contributed by atoms with Crippen molar-refractivity contribution < 1.29 is 8.53 Å². The third-order valence-electron chi connectivity index (χ3n) is 7.99. The molecule has 0 spiro atoms. The molecule has 0 radical (unpaired) electrons. The highest BCUT2D eigenvalue weighted by Gasteiger charge is 2.29. The molecule has 5 nitrogen and oxygen atoms in total. The van der Waals surface area contributed by atoms with E-state index in [2.05, 4.69) is 85.6 Å². The van der Waals surface area contributed by atoms with Gasteiger partial charge in [-0.25, -0.2) is 9.97 Å². The highest BCUT2D eigenvalue weighted by molar-refractivity contribution is 6.10. The number of imidazole rings is 1. The number of furan rings is 1. The lowest BCUT2D eigenvalue weighted by molar-refractivity contribution is 0.585. The highest BCUT2D eigenvalue weighted by Crippen LogP contribution is 2.43. The molecule has 4 aromatic heterocycles. The van der Waals surface area contributed by atoms with Gasteiger partial charge in [0.05, 0.1) is 28.5 Å². The molecule has 0 aliphatic heterocycles. The van der Waals surface area contributed by atoms with E-state index >= 15 is 0 Å². The average Bonchev–Trinajstić information content (AvgIpc) is 3.58. The van der Waals surface area contributed by atoms with E-state index in [0.717, 1.165) is 27.8 Å². The van der Waals surface area contributed by atoms with Crippen LogP contribution in [0.5, 0.6) is 0 Å². The first-order valence-electron chi connectivity index (χ1n) is 15.8. The predicted molar refractivity (Wildman–Crippen MR) is 172 cm³/mol. The largest absolute Gasteiger partial charge is 0.437 e. The molecule has 0 unspecified atom stereocenters. The van der Waals surface area contributed by atoms with Gasteiger partial charge in [-0.3, -0.25) is 9.55 Å². The van der Waals surface area contributed by atoms with Gasteiger partial charge in [-0.15, -0.1) is 0 Å². The minimum absolute atomic E-state index is 0.181. The van der Waals surface area contributed by atoms with Crippen molar-refractivity contribution >= 4 is 33.1 Å². The molecular weight excluding hydrogens is 516 g/mol. The lowest BCUT2D eigenvalue weighted by Gasteiger charge is -2.29. The molecule has 42 heavy (non-hydrogen) atoms. The number of pyridine rings is 2. The van der Waals surface area contributed by atoms with E-state index in [1.165, 1.54) is 11.1 Å². The lowest BCUT2D eigenvalue weighted by Crippen LogP contribution is -2.18. The summed E-state index contributed by atoms with van der Waals surface area (Å²) in [6.07, 6.45) is 5.25. The summed E-state index contributed by atoms with van der Waals surface area (Å²) in [5.74, 6) is 0.832. The zero-order chi connectivity index (χ0) is 31.7. The van der Waals surface area contributed by atoms with Crippen LogP contribution in [0.4, 0.5) is 0 Å². The van der Waals surface area contributed by atoms with Crippen LogP contribution in [0.25, 0.3) is 61.3 Å². The van der Waals surface area contributed by atoms with Gasteiger partial charge in [0.15, 0.2) is 0 Å². The molecule has 208 valence electrons. The topological polar surface area (TPSA) is 56.7 Å². The van der Waals surface area contributed by atoms with Gasteiger partial charge in [-0.1, -0.05) is 71.0 Å². The smallest absolute Gasteiger partial charge is 0.227 e. The molecule has 7 aromatic rings. The fourth-order valence-electron chi connectivity index (χ4n) is 5.94. The maximum Gasteiger partial charge on any atom is 0.227 e. The number of hydrogen-bond donors (Lipinski definition) is 0. The van der Waals surface area contributed by atoms with Crippen LogP contribution in [0.1, 0.15) is 61.3 Å². The second-order valence-electron chi connectivity index (χ2n) is 12.2. The van der Waals surface area contributed by atoms with Crippen molar-refractivity contribution in [3.05, 3.63) is 108 Å². The van der Waals surface area contributed by atoms with Crippen LogP contribution in [0.2, 0.25) is 0 Å². The molecule has 0 bridgehead atoms. The third-order valence-corrected chi connectivity index (χ3v) is 7.99. The predicted octanol–water partition coefficient (Wildman–Crippen LogP) is 9.78. The van der Waals surface area contributed by atoms with Crippen LogP contribution in [0, 0.1) is 6.85 Å². The van der Waals surface area contributed by atoms with Gasteiger partial charge < -0.3 is 4.42 Å². The lowest BCUT2D eigenvalue weighted by atomic mass is 9.80. The fraction of sp³-hybridized carbons (Fsp3) is 0.216. The van der Waals surface area contributed by atoms with Crippen LogP contribution in [-0.4, -0.2) is 19.5 Å². The van der Waals surface area contributed by atoms with Gasteiger partial charge in [-0.2, -0.15) is 0 Å². The zero-order valence-corrected chi connectivity index (χ0v) is 24.4. The first-order valence-corrected chi connectivity index (χ1v) is 14.3. The van der Waals surface area contributed by atoms with Crippen molar-refractivity contribution in [1.29, 1.82) is 0 Å². The Morgan fingerprint density at radius 1 is 0.905 bits per heavy atom. The van der Waals surface area contributed by atoms with E-state index in [1.807, 2.05) is 30.5 Å². The molecule has 0 fully saturated rings. The van der Waals surface area contributed by atoms with Gasteiger partial charge >= 0.3 is 0 Å². The van der Waals surface area contributed by atoms with E-state index in [0.29, 0.717) is 33.5 Å². The molecule has 4 heterocycles. The minimum atomic E-state index is -2.34. The Hall–Kier alpha value is -4.77. The normalized spacial score (nSPS) is 13.6. The molecule has 0 aliphatic rings. The number of aromatic nitrogens is 4. The van der Waals surface area contributed by atoms with Crippen LogP contribution in [0.15, 0.2) is 95.8 Å². The Morgan fingerprint density at radius 2 is 1.74 bits per heavy atom. The second kappa shape index (κ2) is 9.66.